The molecule has 4 aromatic carbocycles. The van der Waals surface area contributed by atoms with Crippen molar-refractivity contribution < 1.29 is 23.3 Å². The van der Waals surface area contributed by atoms with Crippen LogP contribution in [0.3, 0.4) is 0 Å². The van der Waals surface area contributed by atoms with Gasteiger partial charge < -0.3 is 10.0 Å². The van der Waals surface area contributed by atoms with Crippen LogP contribution in [0.5, 0.6) is 0 Å². The highest BCUT2D eigenvalue weighted by atomic mass is 32.2. The molecule has 0 aliphatic rings. The lowest BCUT2D eigenvalue weighted by Gasteiger charge is -2.29. The van der Waals surface area contributed by atoms with Gasteiger partial charge in [-0.1, -0.05) is 84.4 Å². The van der Waals surface area contributed by atoms with E-state index in [9.17, 15) is 23.6 Å². The minimum absolute atomic E-state index is 0.0459. The van der Waals surface area contributed by atoms with Crippen LogP contribution in [-0.4, -0.2) is 37.6 Å². The smallest absolute Gasteiger partial charge is 0.271 e. The van der Waals surface area contributed by atoms with E-state index >= 15 is 0 Å². The number of nitro groups is 1. The van der Waals surface area contributed by atoms with E-state index in [1.165, 1.54) is 36.4 Å². The number of rotatable bonds is 12. The SMILES string of the molecule is Cc1ccc(S(=O)(=O)N(CC(O)C[NH+](Cc2ccccc2)Cc2ccccc2)c2cccc([N+](=O)[O-])c2)cc1. The molecule has 0 amide bonds. The summed E-state index contributed by atoms with van der Waals surface area (Å²) in [4.78, 5) is 12.0. The van der Waals surface area contributed by atoms with Crippen molar-refractivity contribution in [2.75, 3.05) is 17.4 Å². The zero-order valence-electron chi connectivity index (χ0n) is 21.7. The van der Waals surface area contributed by atoms with Gasteiger partial charge in [-0.05, 0) is 25.1 Å². The Hall–Kier alpha value is -4.05. The van der Waals surface area contributed by atoms with E-state index in [-0.39, 0.29) is 29.4 Å². The predicted octanol–water partition coefficient (Wildman–Crippen LogP) is 3.74. The normalized spacial score (nSPS) is 12.3. The Morgan fingerprint density at radius 2 is 1.41 bits per heavy atom. The average molecular weight is 547 g/mol. The second-order valence-corrected chi connectivity index (χ2v) is 11.4. The van der Waals surface area contributed by atoms with Gasteiger partial charge >= 0.3 is 0 Å². The summed E-state index contributed by atoms with van der Waals surface area (Å²) in [5, 5.41) is 22.7. The third-order valence-corrected chi connectivity index (χ3v) is 8.24. The van der Waals surface area contributed by atoms with E-state index < -0.39 is 21.1 Å². The first kappa shape index (κ1) is 28.0. The number of hydrogen-bond donors (Lipinski definition) is 2. The molecule has 8 nitrogen and oxygen atoms in total. The van der Waals surface area contributed by atoms with Crippen molar-refractivity contribution in [3.05, 3.63) is 136 Å². The molecular formula is C30H32N3O5S+. The number of non-ortho nitro benzene ring substituents is 1. The summed E-state index contributed by atoms with van der Waals surface area (Å²) in [5.74, 6) is 0. The number of sulfonamides is 1. The predicted molar refractivity (Wildman–Crippen MR) is 151 cm³/mol. The Morgan fingerprint density at radius 1 is 0.846 bits per heavy atom. The van der Waals surface area contributed by atoms with Gasteiger partial charge in [0, 0.05) is 23.3 Å². The van der Waals surface area contributed by atoms with Crippen LogP contribution in [0.2, 0.25) is 0 Å². The molecule has 0 saturated heterocycles. The van der Waals surface area contributed by atoms with E-state index in [0.717, 1.165) is 25.9 Å². The maximum atomic E-state index is 13.8. The van der Waals surface area contributed by atoms with Gasteiger partial charge in [0.05, 0.1) is 22.1 Å². The van der Waals surface area contributed by atoms with Crippen molar-refractivity contribution in [2.24, 2.45) is 0 Å². The molecule has 1 atom stereocenters. The second kappa shape index (κ2) is 12.7. The molecule has 0 spiro atoms. The first-order chi connectivity index (χ1) is 18.7. The first-order valence-electron chi connectivity index (χ1n) is 12.7. The number of benzene rings is 4. The van der Waals surface area contributed by atoms with Gasteiger partial charge in [0.2, 0.25) is 0 Å². The van der Waals surface area contributed by atoms with E-state index in [0.29, 0.717) is 13.1 Å². The molecule has 0 aliphatic heterocycles. The third-order valence-electron chi connectivity index (χ3n) is 6.43. The molecule has 39 heavy (non-hydrogen) atoms. The molecule has 9 heteroatoms. The maximum absolute atomic E-state index is 13.8. The molecule has 0 aromatic heterocycles. The highest BCUT2D eigenvalue weighted by Crippen LogP contribution is 2.27. The number of nitro benzene ring substituents is 1. The van der Waals surface area contributed by atoms with Gasteiger partial charge in [-0.25, -0.2) is 8.42 Å². The topological polar surface area (TPSA) is 105 Å². The van der Waals surface area contributed by atoms with E-state index in [4.69, 9.17) is 0 Å². The quantitative estimate of drug-likeness (QED) is 0.208. The Kier molecular flexibility index (Phi) is 9.08. The summed E-state index contributed by atoms with van der Waals surface area (Å²) < 4.78 is 28.6. The van der Waals surface area contributed by atoms with Crippen molar-refractivity contribution in [2.45, 2.75) is 31.0 Å². The highest BCUT2D eigenvalue weighted by Gasteiger charge is 2.30. The lowest BCUT2D eigenvalue weighted by molar-refractivity contribution is -0.930. The molecule has 1 unspecified atom stereocenters. The molecule has 0 bridgehead atoms. The van der Waals surface area contributed by atoms with Gasteiger partial charge in [-0.2, -0.15) is 0 Å². The first-order valence-corrected chi connectivity index (χ1v) is 14.1. The molecule has 4 rings (SSSR count). The Bertz CT molecular complexity index is 1440. The molecule has 2 N–H and O–H groups in total. The monoisotopic (exact) mass is 546 g/mol. The van der Waals surface area contributed by atoms with Gasteiger partial charge in [0.15, 0.2) is 0 Å². The number of aliphatic hydroxyl groups is 1. The van der Waals surface area contributed by atoms with Gasteiger partial charge in [-0.15, -0.1) is 0 Å². The fraction of sp³-hybridized carbons (Fsp3) is 0.200. The van der Waals surface area contributed by atoms with Crippen molar-refractivity contribution in [3.8, 4) is 0 Å². The lowest BCUT2D eigenvalue weighted by atomic mass is 10.1. The number of aryl methyl sites for hydroxylation is 1. The summed E-state index contributed by atoms with van der Waals surface area (Å²) in [6, 6.07) is 31.7. The van der Waals surface area contributed by atoms with Crippen LogP contribution >= 0.6 is 0 Å². The van der Waals surface area contributed by atoms with E-state index in [1.54, 1.807) is 12.1 Å². The summed E-state index contributed by atoms with van der Waals surface area (Å²) in [7, 11) is -4.12. The number of nitrogens with one attached hydrogen (secondary N) is 1. The number of aliphatic hydroxyl groups excluding tert-OH is 1. The van der Waals surface area contributed by atoms with Crippen molar-refractivity contribution in [1.82, 2.24) is 0 Å². The van der Waals surface area contributed by atoms with Crippen LogP contribution in [0.25, 0.3) is 0 Å². The fourth-order valence-electron chi connectivity index (χ4n) is 4.51. The number of anilines is 1. The molecule has 0 radical (unpaired) electrons. The molecule has 0 heterocycles. The third kappa shape index (κ3) is 7.51. The van der Waals surface area contributed by atoms with Crippen LogP contribution in [0, 0.1) is 17.0 Å². The molecular weight excluding hydrogens is 514 g/mol. The number of quaternary nitrogens is 1. The van der Waals surface area contributed by atoms with Gasteiger partial charge in [0.1, 0.15) is 25.7 Å². The Balaban J connectivity index is 1.63. The van der Waals surface area contributed by atoms with Crippen molar-refractivity contribution in [3.63, 3.8) is 0 Å². The van der Waals surface area contributed by atoms with Crippen LogP contribution in [0.15, 0.2) is 114 Å². The second-order valence-electron chi connectivity index (χ2n) is 9.56. The summed E-state index contributed by atoms with van der Waals surface area (Å²) in [6.45, 7) is 3.13. The van der Waals surface area contributed by atoms with E-state index in [2.05, 4.69) is 0 Å². The van der Waals surface area contributed by atoms with Crippen molar-refractivity contribution >= 4 is 21.4 Å². The van der Waals surface area contributed by atoms with Crippen LogP contribution in [0.1, 0.15) is 16.7 Å². The Labute approximate surface area is 229 Å². The van der Waals surface area contributed by atoms with Crippen LogP contribution in [-0.2, 0) is 23.1 Å². The molecule has 4 aromatic rings. The highest BCUT2D eigenvalue weighted by molar-refractivity contribution is 7.92. The minimum Gasteiger partial charge on any atom is -0.385 e. The zero-order chi connectivity index (χ0) is 27.8. The molecule has 0 fully saturated rings. The average Bonchev–Trinajstić information content (AvgIpc) is 2.93. The fourth-order valence-corrected chi connectivity index (χ4v) is 6.00. The van der Waals surface area contributed by atoms with Crippen molar-refractivity contribution in [1.29, 1.82) is 0 Å². The standard InChI is InChI=1S/C30H31N3O5S/c1-24-15-17-30(18-16-24)39(37,38)32(27-13-8-14-28(19-27)33(35)36)23-29(34)22-31(20-25-9-4-2-5-10-25)21-26-11-6-3-7-12-26/h2-19,29,34H,20-23H2,1H3/p+1. The van der Waals surface area contributed by atoms with Gasteiger partial charge in [-0.3, -0.25) is 14.4 Å². The zero-order valence-corrected chi connectivity index (χ0v) is 22.5. The summed E-state index contributed by atoms with van der Waals surface area (Å²) >= 11 is 0. The largest absolute Gasteiger partial charge is 0.385 e. The lowest BCUT2D eigenvalue weighted by Crippen LogP contribution is -3.10. The molecule has 202 valence electrons. The summed E-state index contributed by atoms with van der Waals surface area (Å²) in [5.41, 5.74) is 2.98. The molecule has 0 saturated carbocycles. The number of hydrogen-bond acceptors (Lipinski definition) is 5. The summed E-state index contributed by atoms with van der Waals surface area (Å²) in [6.07, 6.45) is -1.05. The Morgan fingerprint density at radius 3 is 1.95 bits per heavy atom. The minimum atomic E-state index is -4.12. The van der Waals surface area contributed by atoms with Gasteiger partial charge in [0.25, 0.3) is 15.7 Å². The number of nitrogens with zero attached hydrogens (tertiary/aromatic N) is 2. The van der Waals surface area contributed by atoms with Crippen LogP contribution < -0.4 is 9.21 Å². The molecule has 0 aliphatic carbocycles. The van der Waals surface area contributed by atoms with Crippen LogP contribution in [0.4, 0.5) is 11.4 Å². The van der Waals surface area contributed by atoms with E-state index in [1.807, 2.05) is 67.6 Å². The maximum Gasteiger partial charge on any atom is 0.271 e.